The SMILES string of the molecule is COc1cc([C@H]2CC(=O)C3=C(C2)Nc2ccccc2N[C@H]3c2ccccc2Cl)cc(OC)c1OC. The number of nitrogens with one attached hydrogen (secondary N) is 2. The monoisotopic (exact) mass is 490 g/mol. The molecule has 0 bridgehead atoms. The fraction of sp³-hybridized carbons (Fsp3) is 0.250. The number of allylic oxidation sites excluding steroid dienone is 1. The Kier molecular flexibility index (Phi) is 6.31. The predicted octanol–water partition coefficient (Wildman–Crippen LogP) is 6.35. The zero-order valence-electron chi connectivity index (χ0n) is 19.9. The van der Waals surface area contributed by atoms with E-state index in [9.17, 15) is 4.79 Å². The first-order chi connectivity index (χ1) is 17.0. The molecule has 1 aliphatic carbocycles. The van der Waals surface area contributed by atoms with Crippen molar-refractivity contribution < 1.29 is 19.0 Å². The summed E-state index contributed by atoms with van der Waals surface area (Å²) < 4.78 is 16.6. The molecule has 6 nitrogen and oxygen atoms in total. The summed E-state index contributed by atoms with van der Waals surface area (Å²) in [5.41, 5.74) is 5.29. The molecule has 0 spiro atoms. The highest BCUT2D eigenvalue weighted by atomic mass is 35.5. The van der Waals surface area contributed by atoms with Crippen LogP contribution < -0.4 is 24.8 Å². The maximum absolute atomic E-state index is 13.8. The number of hydrogen-bond acceptors (Lipinski definition) is 6. The number of rotatable bonds is 5. The van der Waals surface area contributed by atoms with E-state index in [-0.39, 0.29) is 17.7 Å². The van der Waals surface area contributed by atoms with E-state index in [0.717, 1.165) is 33.8 Å². The molecule has 2 atom stereocenters. The quantitative estimate of drug-likeness (QED) is 0.434. The number of fused-ring (bicyclic) bond motifs is 1. The lowest BCUT2D eigenvalue weighted by Crippen LogP contribution is -2.27. The highest BCUT2D eigenvalue weighted by Gasteiger charge is 2.37. The normalized spacial score (nSPS) is 19.0. The minimum Gasteiger partial charge on any atom is -0.493 e. The van der Waals surface area contributed by atoms with Crippen LogP contribution in [-0.4, -0.2) is 27.1 Å². The molecule has 0 fully saturated rings. The molecule has 3 aromatic rings. The molecular weight excluding hydrogens is 464 g/mol. The first-order valence-electron chi connectivity index (χ1n) is 11.5. The van der Waals surface area contributed by atoms with Crippen LogP contribution in [0.5, 0.6) is 17.2 Å². The Morgan fingerprint density at radius 2 is 1.51 bits per heavy atom. The van der Waals surface area contributed by atoms with Gasteiger partial charge in [0.1, 0.15) is 0 Å². The fourth-order valence-corrected chi connectivity index (χ4v) is 5.25. The third kappa shape index (κ3) is 4.19. The number of benzene rings is 3. The minimum absolute atomic E-state index is 0.0559. The molecule has 0 radical (unpaired) electrons. The van der Waals surface area contributed by atoms with Crippen molar-refractivity contribution in [3.8, 4) is 17.2 Å². The van der Waals surface area contributed by atoms with Gasteiger partial charge in [-0.25, -0.2) is 0 Å². The van der Waals surface area contributed by atoms with Gasteiger partial charge in [-0.05, 0) is 53.8 Å². The highest BCUT2D eigenvalue weighted by molar-refractivity contribution is 6.31. The highest BCUT2D eigenvalue weighted by Crippen LogP contribution is 2.47. The lowest BCUT2D eigenvalue weighted by Gasteiger charge is -2.30. The maximum Gasteiger partial charge on any atom is 0.203 e. The summed E-state index contributed by atoms with van der Waals surface area (Å²) in [6, 6.07) is 19.1. The van der Waals surface area contributed by atoms with Gasteiger partial charge < -0.3 is 24.8 Å². The third-order valence-corrected chi connectivity index (χ3v) is 7.03. The molecule has 2 N–H and O–H groups in total. The lowest BCUT2D eigenvalue weighted by molar-refractivity contribution is -0.116. The van der Waals surface area contributed by atoms with Crippen molar-refractivity contribution in [3.63, 3.8) is 0 Å². The van der Waals surface area contributed by atoms with Gasteiger partial charge in [0.15, 0.2) is 17.3 Å². The average molecular weight is 491 g/mol. The molecule has 0 saturated carbocycles. The molecule has 2 aliphatic rings. The number of para-hydroxylation sites is 2. The van der Waals surface area contributed by atoms with Crippen LogP contribution in [0, 0.1) is 0 Å². The summed E-state index contributed by atoms with van der Waals surface area (Å²) in [7, 11) is 4.77. The van der Waals surface area contributed by atoms with Crippen molar-refractivity contribution in [2.45, 2.75) is 24.8 Å². The summed E-state index contributed by atoms with van der Waals surface area (Å²) in [6.45, 7) is 0. The number of anilines is 2. The van der Waals surface area contributed by atoms with E-state index < -0.39 is 0 Å². The number of ketones is 1. The maximum atomic E-state index is 13.8. The van der Waals surface area contributed by atoms with Gasteiger partial charge in [-0.1, -0.05) is 41.9 Å². The molecule has 0 saturated heterocycles. The van der Waals surface area contributed by atoms with E-state index in [0.29, 0.717) is 35.1 Å². The molecule has 180 valence electrons. The number of carbonyl (C=O) groups excluding carboxylic acids is 1. The smallest absolute Gasteiger partial charge is 0.203 e. The van der Waals surface area contributed by atoms with Gasteiger partial charge in [-0.15, -0.1) is 0 Å². The van der Waals surface area contributed by atoms with Crippen LogP contribution >= 0.6 is 11.6 Å². The molecular formula is C28H27ClN2O4. The van der Waals surface area contributed by atoms with E-state index in [1.54, 1.807) is 21.3 Å². The van der Waals surface area contributed by atoms with Gasteiger partial charge in [0, 0.05) is 22.7 Å². The van der Waals surface area contributed by atoms with Gasteiger partial charge in [0.05, 0.1) is 38.7 Å². The molecule has 7 heteroatoms. The summed E-state index contributed by atoms with van der Waals surface area (Å²) in [5, 5.41) is 7.75. The average Bonchev–Trinajstić information content (AvgIpc) is 3.04. The van der Waals surface area contributed by atoms with Crippen LogP contribution in [-0.2, 0) is 4.79 Å². The molecule has 0 amide bonds. The molecule has 35 heavy (non-hydrogen) atoms. The van der Waals surface area contributed by atoms with E-state index in [1.165, 1.54) is 0 Å². The van der Waals surface area contributed by atoms with Crippen LogP contribution in [0.25, 0.3) is 0 Å². The van der Waals surface area contributed by atoms with Gasteiger partial charge in [-0.3, -0.25) is 4.79 Å². The molecule has 1 heterocycles. The van der Waals surface area contributed by atoms with Crippen molar-refractivity contribution >= 4 is 28.8 Å². The van der Waals surface area contributed by atoms with Gasteiger partial charge >= 0.3 is 0 Å². The molecule has 0 aromatic heterocycles. The minimum atomic E-state index is -0.358. The lowest BCUT2D eigenvalue weighted by atomic mass is 9.78. The number of ether oxygens (including phenoxy) is 3. The largest absolute Gasteiger partial charge is 0.493 e. The van der Waals surface area contributed by atoms with Crippen LogP contribution in [0.1, 0.15) is 35.9 Å². The molecule has 0 unspecified atom stereocenters. The van der Waals surface area contributed by atoms with Crippen molar-refractivity contribution in [1.82, 2.24) is 0 Å². The van der Waals surface area contributed by atoms with Gasteiger partial charge in [0.2, 0.25) is 5.75 Å². The number of halogens is 1. The Hall–Kier alpha value is -3.64. The Bertz CT molecular complexity index is 1290. The number of methoxy groups -OCH3 is 3. The number of hydrogen-bond donors (Lipinski definition) is 2. The topological polar surface area (TPSA) is 68.8 Å². The van der Waals surface area contributed by atoms with Crippen molar-refractivity contribution in [2.24, 2.45) is 0 Å². The van der Waals surface area contributed by atoms with Crippen molar-refractivity contribution in [1.29, 1.82) is 0 Å². The second kappa shape index (κ2) is 9.55. The molecule has 5 rings (SSSR count). The van der Waals surface area contributed by atoms with E-state index in [4.69, 9.17) is 25.8 Å². The summed E-state index contributed by atoms with van der Waals surface area (Å²) in [4.78, 5) is 13.8. The second-order valence-electron chi connectivity index (χ2n) is 8.65. The fourth-order valence-electron chi connectivity index (χ4n) is 5.01. The van der Waals surface area contributed by atoms with Crippen LogP contribution in [0.15, 0.2) is 71.9 Å². The standard InChI is InChI=1S/C28H27ClN2O4/c1-33-24-14-17(15-25(34-2)28(24)35-3)16-12-22-26(23(32)13-16)27(18-8-4-5-9-19(18)29)31-21-11-7-6-10-20(21)30-22/h4-11,14-16,27,30-31H,12-13H2,1-3H3/t16-,27+/m1/s1. The van der Waals surface area contributed by atoms with E-state index in [2.05, 4.69) is 10.6 Å². The van der Waals surface area contributed by atoms with Crippen molar-refractivity contribution in [3.05, 3.63) is 88.1 Å². The zero-order chi connectivity index (χ0) is 24.5. The van der Waals surface area contributed by atoms with Gasteiger partial charge in [0.25, 0.3) is 0 Å². The van der Waals surface area contributed by atoms with Crippen LogP contribution in [0.4, 0.5) is 11.4 Å². The number of carbonyl (C=O) groups is 1. The second-order valence-corrected chi connectivity index (χ2v) is 9.06. The van der Waals surface area contributed by atoms with Crippen LogP contribution in [0.2, 0.25) is 5.02 Å². The summed E-state index contributed by atoms with van der Waals surface area (Å²) >= 11 is 6.60. The van der Waals surface area contributed by atoms with Crippen molar-refractivity contribution in [2.75, 3.05) is 32.0 Å². The third-order valence-electron chi connectivity index (χ3n) is 6.68. The Labute approximate surface area is 209 Å². The van der Waals surface area contributed by atoms with E-state index >= 15 is 0 Å². The van der Waals surface area contributed by atoms with Crippen LogP contribution in [0.3, 0.4) is 0 Å². The van der Waals surface area contributed by atoms with Gasteiger partial charge in [-0.2, -0.15) is 0 Å². The summed E-state index contributed by atoms with van der Waals surface area (Å²) in [6.07, 6.45) is 1.01. The zero-order valence-corrected chi connectivity index (χ0v) is 20.6. The summed E-state index contributed by atoms with van der Waals surface area (Å²) in [5.74, 6) is 1.69. The van der Waals surface area contributed by atoms with E-state index in [1.807, 2.05) is 60.7 Å². The first-order valence-corrected chi connectivity index (χ1v) is 11.8. The Balaban J connectivity index is 1.61. The Morgan fingerprint density at radius 1 is 0.857 bits per heavy atom. The molecule has 3 aromatic carbocycles. The molecule has 1 aliphatic heterocycles. The first kappa shape index (κ1) is 23.1. The predicted molar refractivity (Wildman–Crippen MR) is 138 cm³/mol. The Morgan fingerprint density at radius 3 is 2.17 bits per heavy atom. The number of Topliss-reactive ketones (excluding diaryl/α,β-unsaturated/α-hetero) is 1.